The number of carbonyl (C=O) groups is 2. The summed E-state index contributed by atoms with van der Waals surface area (Å²) in [6.07, 6.45) is 5.20. The van der Waals surface area contributed by atoms with Crippen LogP contribution in [0.4, 0.5) is 4.79 Å². The Morgan fingerprint density at radius 2 is 2.00 bits per heavy atom. The standard InChI is InChI=1S/C15H28N2O3/c1-5-8-11-9-6-7-10-17(11)14(20)16-12(13(18)19)15(2,3)4/h11-12H,5-10H2,1-4H3,(H,16,20)(H,18,19)/t11?,12-/m1/s1. The highest BCUT2D eigenvalue weighted by molar-refractivity contribution is 5.83. The van der Waals surface area contributed by atoms with Crippen molar-refractivity contribution in [2.75, 3.05) is 6.54 Å². The SMILES string of the molecule is CCCC1CCCCN1C(=O)N[C@H](C(=O)O)C(C)(C)C. The topological polar surface area (TPSA) is 69.6 Å². The molecule has 0 radical (unpaired) electrons. The lowest BCUT2D eigenvalue weighted by Gasteiger charge is -2.38. The average molecular weight is 284 g/mol. The van der Waals surface area contributed by atoms with Crippen molar-refractivity contribution in [1.29, 1.82) is 0 Å². The lowest BCUT2D eigenvalue weighted by Crippen LogP contribution is -2.56. The summed E-state index contributed by atoms with van der Waals surface area (Å²) in [5.41, 5.74) is -0.502. The summed E-state index contributed by atoms with van der Waals surface area (Å²) in [5, 5.41) is 12.0. The molecular formula is C15H28N2O3. The number of hydrogen-bond acceptors (Lipinski definition) is 2. The largest absolute Gasteiger partial charge is 0.480 e. The molecule has 1 unspecified atom stereocenters. The van der Waals surface area contributed by atoms with Crippen LogP contribution in [0.3, 0.4) is 0 Å². The van der Waals surface area contributed by atoms with E-state index in [4.69, 9.17) is 0 Å². The predicted molar refractivity (Wildman–Crippen MR) is 78.7 cm³/mol. The molecule has 2 atom stereocenters. The normalized spacial score (nSPS) is 21.4. The molecule has 0 aromatic rings. The number of piperidine rings is 1. The van der Waals surface area contributed by atoms with Crippen LogP contribution in [0.25, 0.3) is 0 Å². The van der Waals surface area contributed by atoms with Gasteiger partial charge in [-0.1, -0.05) is 34.1 Å². The number of nitrogens with zero attached hydrogens (tertiary/aromatic N) is 1. The molecule has 0 aromatic heterocycles. The van der Waals surface area contributed by atoms with Gasteiger partial charge < -0.3 is 15.3 Å². The summed E-state index contributed by atoms with van der Waals surface area (Å²) in [5.74, 6) is -0.977. The van der Waals surface area contributed by atoms with Crippen LogP contribution in [0.5, 0.6) is 0 Å². The summed E-state index contributed by atoms with van der Waals surface area (Å²) >= 11 is 0. The number of urea groups is 1. The third-order valence-corrected chi connectivity index (χ3v) is 3.89. The van der Waals surface area contributed by atoms with E-state index in [1.54, 1.807) is 0 Å². The van der Waals surface area contributed by atoms with Gasteiger partial charge in [0, 0.05) is 12.6 Å². The van der Waals surface area contributed by atoms with Gasteiger partial charge in [0.2, 0.25) is 0 Å². The molecule has 1 aliphatic heterocycles. The van der Waals surface area contributed by atoms with E-state index in [-0.39, 0.29) is 12.1 Å². The molecule has 0 bridgehead atoms. The summed E-state index contributed by atoms with van der Waals surface area (Å²) < 4.78 is 0. The maximum absolute atomic E-state index is 12.4. The van der Waals surface area contributed by atoms with Crippen molar-refractivity contribution in [3.8, 4) is 0 Å². The fourth-order valence-electron chi connectivity index (χ4n) is 2.76. The Morgan fingerprint density at radius 1 is 1.35 bits per heavy atom. The fourth-order valence-corrected chi connectivity index (χ4v) is 2.76. The first-order chi connectivity index (χ1) is 9.27. The summed E-state index contributed by atoms with van der Waals surface area (Å²) in [6, 6.07) is -0.840. The molecule has 1 fully saturated rings. The Morgan fingerprint density at radius 3 is 2.50 bits per heavy atom. The highest BCUT2D eigenvalue weighted by atomic mass is 16.4. The zero-order chi connectivity index (χ0) is 15.3. The van der Waals surface area contributed by atoms with Gasteiger partial charge in [0.1, 0.15) is 6.04 Å². The molecule has 2 amide bonds. The number of carboxylic acid groups (broad SMARTS) is 1. The molecule has 5 heteroatoms. The molecule has 0 aliphatic carbocycles. The van der Waals surface area contributed by atoms with Crippen LogP contribution in [0.2, 0.25) is 0 Å². The van der Waals surface area contributed by atoms with Gasteiger partial charge in [-0.25, -0.2) is 9.59 Å². The minimum absolute atomic E-state index is 0.231. The quantitative estimate of drug-likeness (QED) is 0.834. The summed E-state index contributed by atoms with van der Waals surface area (Å²) in [4.78, 5) is 25.6. The van der Waals surface area contributed by atoms with E-state index in [9.17, 15) is 14.7 Å². The minimum atomic E-state index is -0.977. The van der Waals surface area contributed by atoms with Crippen molar-refractivity contribution in [1.82, 2.24) is 10.2 Å². The molecule has 1 saturated heterocycles. The number of carbonyl (C=O) groups excluding carboxylic acids is 1. The number of amides is 2. The van der Waals surface area contributed by atoms with E-state index in [0.29, 0.717) is 0 Å². The van der Waals surface area contributed by atoms with Gasteiger partial charge in [0.15, 0.2) is 0 Å². The van der Waals surface area contributed by atoms with E-state index in [1.165, 1.54) is 0 Å². The van der Waals surface area contributed by atoms with Gasteiger partial charge in [0.05, 0.1) is 0 Å². The Balaban J connectivity index is 2.74. The zero-order valence-corrected chi connectivity index (χ0v) is 13.1. The maximum Gasteiger partial charge on any atom is 0.326 e. The van der Waals surface area contributed by atoms with Gasteiger partial charge in [-0.2, -0.15) is 0 Å². The number of rotatable bonds is 4. The van der Waals surface area contributed by atoms with Gasteiger partial charge in [-0.3, -0.25) is 0 Å². The molecule has 1 heterocycles. The first-order valence-corrected chi connectivity index (χ1v) is 7.57. The van der Waals surface area contributed by atoms with Crippen molar-refractivity contribution < 1.29 is 14.7 Å². The van der Waals surface area contributed by atoms with Gasteiger partial charge >= 0.3 is 12.0 Å². The number of aliphatic carboxylic acids is 1. The second kappa shape index (κ2) is 6.95. The van der Waals surface area contributed by atoms with E-state index < -0.39 is 17.4 Å². The Kier molecular flexibility index (Phi) is 5.84. The van der Waals surface area contributed by atoms with Crippen molar-refractivity contribution in [2.24, 2.45) is 5.41 Å². The maximum atomic E-state index is 12.4. The number of hydrogen-bond donors (Lipinski definition) is 2. The van der Waals surface area contributed by atoms with Crippen molar-refractivity contribution in [3.63, 3.8) is 0 Å². The van der Waals surface area contributed by atoms with Crippen molar-refractivity contribution in [2.45, 2.75) is 71.9 Å². The van der Waals surface area contributed by atoms with Crippen LogP contribution in [-0.2, 0) is 4.79 Å². The molecule has 0 aromatic carbocycles. The molecule has 2 N–H and O–H groups in total. The van der Waals surface area contributed by atoms with Gasteiger partial charge in [-0.05, 0) is 31.1 Å². The van der Waals surface area contributed by atoms with Crippen LogP contribution in [0.1, 0.15) is 59.8 Å². The van der Waals surface area contributed by atoms with Crippen LogP contribution >= 0.6 is 0 Å². The number of nitrogens with one attached hydrogen (secondary N) is 1. The highest BCUT2D eigenvalue weighted by Gasteiger charge is 2.35. The zero-order valence-electron chi connectivity index (χ0n) is 13.1. The smallest absolute Gasteiger partial charge is 0.326 e. The minimum Gasteiger partial charge on any atom is -0.480 e. The molecule has 116 valence electrons. The van der Waals surface area contributed by atoms with Crippen LogP contribution < -0.4 is 5.32 Å². The highest BCUT2D eigenvalue weighted by Crippen LogP contribution is 2.23. The molecule has 0 spiro atoms. The second-order valence-electron chi connectivity index (χ2n) is 6.72. The predicted octanol–water partition coefficient (Wildman–Crippen LogP) is 2.85. The van der Waals surface area contributed by atoms with Gasteiger partial charge in [-0.15, -0.1) is 0 Å². The van der Waals surface area contributed by atoms with E-state index in [2.05, 4.69) is 12.2 Å². The number of carboxylic acids is 1. The number of likely N-dealkylation sites (tertiary alicyclic amines) is 1. The van der Waals surface area contributed by atoms with E-state index >= 15 is 0 Å². The summed E-state index contributed by atoms with van der Waals surface area (Å²) in [7, 11) is 0. The Hall–Kier alpha value is -1.26. The fraction of sp³-hybridized carbons (Fsp3) is 0.867. The summed E-state index contributed by atoms with van der Waals surface area (Å²) in [6.45, 7) is 8.32. The van der Waals surface area contributed by atoms with Gasteiger partial charge in [0.25, 0.3) is 0 Å². The lowest BCUT2D eigenvalue weighted by molar-refractivity contribution is -0.142. The molecule has 1 aliphatic rings. The molecule has 20 heavy (non-hydrogen) atoms. The van der Waals surface area contributed by atoms with Crippen LogP contribution in [0.15, 0.2) is 0 Å². The Labute approximate surface area is 121 Å². The first-order valence-electron chi connectivity index (χ1n) is 7.57. The molecule has 0 saturated carbocycles. The average Bonchev–Trinajstić information content (AvgIpc) is 2.35. The molecule has 5 nitrogen and oxygen atoms in total. The van der Waals surface area contributed by atoms with Crippen LogP contribution in [0, 0.1) is 5.41 Å². The van der Waals surface area contributed by atoms with E-state index in [1.807, 2.05) is 25.7 Å². The second-order valence-corrected chi connectivity index (χ2v) is 6.72. The van der Waals surface area contributed by atoms with E-state index in [0.717, 1.165) is 38.6 Å². The molecule has 1 rings (SSSR count). The molecular weight excluding hydrogens is 256 g/mol. The Bertz CT molecular complexity index is 348. The first kappa shape index (κ1) is 16.8. The van der Waals surface area contributed by atoms with Crippen molar-refractivity contribution >= 4 is 12.0 Å². The monoisotopic (exact) mass is 284 g/mol. The third kappa shape index (κ3) is 4.39. The third-order valence-electron chi connectivity index (χ3n) is 3.89. The van der Waals surface area contributed by atoms with Crippen LogP contribution in [-0.4, -0.2) is 40.6 Å². The van der Waals surface area contributed by atoms with Crippen molar-refractivity contribution in [3.05, 3.63) is 0 Å². The lowest BCUT2D eigenvalue weighted by atomic mass is 9.87.